The fourth-order valence-corrected chi connectivity index (χ4v) is 2.85. The fourth-order valence-electron chi connectivity index (χ4n) is 2.85. The Morgan fingerprint density at radius 1 is 1.12 bits per heavy atom. The summed E-state index contributed by atoms with van der Waals surface area (Å²) >= 11 is 0. The van der Waals surface area contributed by atoms with Gasteiger partial charge in [-0.3, -0.25) is 4.79 Å². The largest absolute Gasteiger partial charge is 0.333 e. The molecule has 2 aromatic rings. The molecule has 0 radical (unpaired) electrons. The molecule has 6 heteroatoms. The number of anilines is 2. The highest BCUT2D eigenvalue weighted by molar-refractivity contribution is 5.97. The first-order chi connectivity index (χ1) is 11.9. The number of aryl methyl sites for hydroxylation is 2. The number of nitrogens with zero attached hydrogens (tertiary/aromatic N) is 1. The van der Waals surface area contributed by atoms with Gasteiger partial charge in [-0.05, 0) is 61.4 Å². The van der Waals surface area contributed by atoms with Crippen LogP contribution >= 0.6 is 0 Å². The van der Waals surface area contributed by atoms with Crippen LogP contribution < -0.4 is 15.5 Å². The highest BCUT2D eigenvalue weighted by atomic mass is 19.1. The molecule has 0 unspecified atom stereocenters. The van der Waals surface area contributed by atoms with E-state index in [0.29, 0.717) is 17.9 Å². The Morgan fingerprint density at radius 2 is 1.84 bits per heavy atom. The molecule has 0 aliphatic carbocycles. The van der Waals surface area contributed by atoms with E-state index in [9.17, 15) is 14.0 Å². The summed E-state index contributed by atoms with van der Waals surface area (Å²) < 4.78 is 13.0. The fraction of sp³-hybridized carbons (Fsp3) is 0.263. The van der Waals surface area contributed by atoms with Gasteiger partial charge in [-0.2, -0.15) is 0 Å². The number of hydrogen-bond donors (Lipinski definition) is 2. The zero-order valence-corrected chi connectivity index (χ0v) is 14.2. The Balaban J connectivity index is 1.60. The third-order valence-electron chi connectivity index (χ3n) is 4.36. The molecule has 1 aliphatic rings. The molecule has 3 amide bonds. The van der Waals surface area contributed by atoms with E-state index in [1.54, 1.807) is 17.0 Å². The van der Waals surface area contributed by atoms with E-state index in [1.807, 2.05) is 32.0 Å². The van der Waals surface area contributed by atoms with Crippen LogP contribution in [-0.2, 0) is 4.79 Å². The second-order valence-electron chi connectivity index (χ2n) is 6.28. The van der Waals surface area contributed by atoms with Crippen molar-refractivity contribution in [3.8, 4) is 0 Å². The van der Waals surface area contributed by atoms with Crippen molar-refractivity contribution in [1.29, 1.82) is 0 Å². The summed E-state index contributed by atoms with van der Waals surface area (Å²) in [5.41, 5.74) is 3.59. The summed E-state index contributed by atoms with van der Waals surface area (Å²) in [5, 5.41) is 5.60. The van der Waals surface area contributed by atoms with Gasteiger partial charge in [0.15, 0.2) is 0 Å². The zero-order valence-electron chi connectivity index (χ0n) is 14.2. The summed E-state index contributed by atoms with van der Waals surface area (Å²) in [6, 6.07) is 10.8. The van der Waals surface area contributed by atoms with E-state index in [4.69, 9.17) is 0 Å². The number of carbonyl (C=O) groups is 2. The van der Waals surface area contributed by atoms with Crippen LogP contribution in [0.3, 0.4) is 0 Å². The van der Waals surface area contributed by atoms with E-state index in [2.05, 4.69) is 10.6 Å². The molecule has 1 aliphatic heterocycles. The van der Waals surface area contributed by atoms with Crippen LogP contribution in [0.25, 0.3) is 0 Å². The van der Waals surface area contributed by atoms with Crippen molar-refractivity contribution in [2.75, 3.05) is 16.8 Å². The van der Waals surface area contributed by atoms with Gasteiger partial charge >= 0.3 is 6.03 Å². The maximum Gasteiger partial charge on any atom is 0.319 e. The Hall–Kier alpha value is -2.89. The Kier molecular flexibility index (Phi) is 4.70. The maximum absolute atomic E-state index is 13.0. The molecule has 2 aromatic carbocycles. The average molecular weight is 341 g/mol. The van der Waals surface area contributed by atoms with Gasteiger partial charge in [0.2, 0.25) is 5.91 Å². The second kappa shape index (κ2) is 6.93. The molecule has 0 saturated carbocycles. The number of halogens is 1. The van der Waals surface area contributed by atoms with Gasteiger partial charge in [0, 0.05) is 24.3 Å². The molecular formula is C19H20FN3O2. The lowest BCUT2D eigenvalue weighted by Gasteiger charge is -2.17. The maximum atomic E-state index is 13.0. The molecule has 0 aromatic heterocycles. The molecule has 25 heavy (non-hydrogen) atoms. The smallest absolute Gasteiger partial charge is 0.319 e. The van der Waals surface area contributed by atoms with Crippen LogP contribution in [0, 0.1) is 19.7 Å². The molecule has 1 heterocycles. The Bertz CT molecular complexity index is 805. The minimum absolute atomic E-state index is 0.0944. The second-order valence-corrected chi connectivity index (χ2v) is 6.28. The van der Waals surface area contributed by atoms with Crippen LogP contribution in [0.4, 0.5) is 20.6 Å². The minimum atomic E-state index is -0.349. The topological polar surface area (TPSA) is 61.4 Å². The number of nitrogens with one attached hydrogen (secondary N) is 2. The van der Waals surface area contributed by atoms with Crippen molar-refractivity contribution in [1.82, 2.24) is 5.32 Å². The lowest BCUT2D eigenvalue weighted by atomic mass is 10.1. The van der Waals surface area contributed by atoms with E-state index < -0.39 is 0 Å². The van der Waals surface area contributed by atoms with Gasteiger partial charge in [0.1, 0.15) is 5.82 Å². The Morgan fingerprint density at radius 3 is 2.52 bits per heavy atom. The van der Waals surface area contributed by atoms with E-state index in [0.717, 1.165) is 11.1 Å². The number of hydrogen-bond acceptors (Lipinski definition) is 2. The summed E-state index contributed by atoms with van der Waals surface area (Å²) in [6.45, 7) is 4.35. The van der Waals surface area contributed by atoms with Crippen molar-refractivity contribution in [2.45, 2.75) is 26.3 Å². The van der Waals surface area contributed by atoms with E-state index in [1.165, 1.54) is 12.1 Å². The number of rotatable bonds is 3. The average Bonchev–Trinajstić information content (AvgIpc) is 2.92. The predicted molar refractivity (Wildman–Crippen MR) is 95.2 cm³/mol. The van der Waals surface area contributed by atoms with Crippen molar-refractivity contribution in [3.05, 3.63) is 59.4 Å². The minimum Gasteiger partial charge on any atom is -0.333 e. The van der Waals surface area contributed by atoms with Crippen LogP contribution in [0.15, 0.2) is 42.5 Å². The first-order valence-electron chi connectivity index (χ1n) is 8.13. The normalized spacial score (nSPS) is 16.8. The van der Waals surface area contributed by atoms with Gasteiger partial charge in [-0.15, -0.1) is 0 Å². The van der Waals surface area contributed by atoms with Gasteiger partial charge < -0.3 is 15.5 Å². The van der Waals surface area contributed by atoms with E-state index >= 15 is 0 Å². The number of benzene rings is 2. The first kappa shape index (κ1) is 17.0. The third kappa shape index (κ3) is 3.96. The molecule has 0 bridgehead atoms. The van der Waals surface area contributed by atoms with Crippen molar-refractivity contribution in [3.63, 3.8) is 0 Å². The van der Waals surface area contributed by atoms with Gasteiger partial charge in [0.05, 0.1) is 6.04 Å². The first-order valence-corrected chi connectivity index (χ1v) is 8.13. The van der Waals surface area contributed by atoms with E-state index in [-0.39, 0.29) is 30.2 Å². The summed E-state index contributed by atoms with van der Waals surface area (Å²) in [7, 11) is 0. The van der Waals surface area contributed by atoms with Crippen molar-refractivity contribution < 1.29 is 14.0 Å². The monoisotopic (exact) mass is 341 g/mol. The predicted octanol–water partition coefficient (Wildman–Crippen LogP) is 3.37. The van der Waals surface area contributed by atoms with Gasteiger partial charge in [0.25, 0.3) is 0 Å². The summed E-state index contributed by atoms with van der Waals surface area (Å²) in [5.74, 6) is -0.444. The highest BCUT2D eigenvalue weighted by Crippen LogP contribution is 2.22. The lowest BCUT2D eigenvalue weighted by molar-refractivity contribution is -0.117. The van der Waals surface area contributed by atoms with Gasteiger partial charge in [-0.25, -0.2) is 9.18 Å². The molecule has 3 rings (SSSR count). The van der Waals surface area contributed by atoms with Crippen LogP contribution in [0.2, 0.25) is 0 Å². The van der Waals surface area contributed by atoms with Crippen LogP contribution in [-0.4, -0.2) is 24.5 Å². The standard InChI is InChI=1S/C19H20FN3O2/c1-12-3-6-15(9-13(12)2)21-19(25)22-16-10-18(24)23(11-16)17-7-4-14(20)5-8-17/h3-9,16H,10-11H2,1-2H3,(H2,21,22,25)/t16-/m0/s1. The molecular weight excluding hydrogens is 321 g/mol. The highest BCUT2D eigenvalue weighted by Gasteiger charge is 2.31. The van der Waals surface area contributed by atoms with Crippen LogP contribution in [0.5, 0.6) is 0 Å². The molecule has 130 valence electrons. The molecule has 0 spiro atoms. The number of amides is 3. The molecule has 1 fully saturated rings. The quantitative estimate of drug-likeness (QED) is 0.899. The van der Waals surface area contributed by atoms with Gasteiger partial charge in [-0.1, -0.05) is 6.07 Å². The molecule has 1 atom stereocenters. The number of urea groups is 1. The molecule has 5 nitrogen and oxygen atoms in total. The Labute approximate surface area is 145 Å². The molecule has 2 N–H and O–H groups in total. The van der Waals surface area contributed by atoms with Crippen molar-refractivity contribution >= 4 is 23.3 Å². The number of carbonyl (C=O) groups excluding carboxylic acids is 2. The van der Waals surface area contributed by atoms with Crippen LogP contribution in [0.1, 0.15) is 17.5 Å². The zero-order chi connectivity index (χ0) is 18.0. The third-order valence-corrected chi connectivity index (χ3v) is 4.36. The molecule has 1 saturated heterocycles. The van der Waals surface area contributed by atoms with Crippen molar-refractivity contribution in [2.24, 2.45) is 0 Å². The lowest BCUT2D eigenvalue weighted by Crippen LogP contribution is -2.39. The SMILES string of the molecule is Cc1ccc(NC(=O)N[C@H]2CC(=O)N(c3ccc(F)cc3)C2)cc1C. The summed E-state index contributed by atoms with van der Waals surface area (Å²) in [4.78, 5) is 25.9. The summed E-state index contributed by atoms with van der Waals surface area (Å²) in [6.07, 6.45) is 0.220.